The summed E-state index contributed by atoms with van der Waals surface area (Å²) in [5, 5.41) is 9.91. The van der Waals surface area contributed by atoms with Gasteiger partial charge in [-0.05, 0) is 25.5 Å². The van der Waals surface area contributed by atoms with Crippen LogP contribution >= 0.6 is 0 Å². The first-order chi connectivity index (χ1) is 8.56. The Hall–Kier alpha value is -1.75. The van der Waals surface area contributed by atoms with E-state index in [0.717, 1.165) is 0 Å². The molecule has 0 amide bonds. The van der Waals surface area contributed by atoms with E-state index < -0.39 is 12.1 Å². The first-order valence-corrected chi connectivity index (χ1v) is 5.63. The van der Waals surface area contributed by atoms with Gasteiger partial charge in [0, 0.05) is 5.56 Å². The molecule has 1 aromatic rings. The van der Waals surface area contributed by atoms with E-state index in [-0.39, 0.29) is 6.61 Å². The molecule has 0 saturated carbocycles. The Kier molecular flexibility index (Phi) is 4.97. The Labute approximate surface area is 106 Å². The number of carbonyl (C=O) groups excluding carboxylic acids is 1. The lowest BCUT2D eigenvalue weighted by molar-refractivity contribution is -0.153. The van der Waals surface area contributed by atoms with Crippen molar-refractivity contribution >= 4 is 5.97 Å². The molecule has 1 rings (SSSR count). The standard InChI is InChI=1S/C13H18O5/c1-5-18-13(15)11(14)9-6-7-10(16-3)12(17-4)8(9)2/h6-7,11,14H,5H2,1-4H3. The molecule has 0 aliphatic heterocycles. The monoisotopic (exact) mass is 254 g/mol. The fraction of sp³-hybridized carbons (Fsp3) is 0.462. The minimum Gasteiger partial charge on any atom is -0.493 e. The quantitative estimate of drug-likeness (QED) is 0.809. The van der Waals surface area contributed by atoms with Gasteiger partial charge in [0.05, 0.1) is 20.8 Å². The summed E-state index contributed by atoms with van der Waals surface area (Å²) in [6, 6.07) is 3.27. The fourth-order valence-electron chi connectivity index (χ4n) is 1.74. The van der Waals surface area contributed by atoms with Gasteiger partial charge in [0.15, 0.2) is 17.6 Å². The predicted molar refractivity (Wildman–Crippen MR) is 65.9 cm³/mol. The van der Waals surface area contributed by atoms with Gasteiger partial charge in [-0.3, -0.25) is 0 Å². The molecule has 0 saturated heterocycles. The van der Waals surface area contributed by atoms with Crippen LogP contribution in [0.4, 0.5) is 0 Å². The van der Waals surface area contributed by atoms with Crippen LogP contribution in [0.5, 0.6) is 11.5 Å². The lowest BCUT2D eigenvalue weighted by atomic mass is 10.0. The van der Waals surface area contributed by atoms with E-state index in [0.29, 0.717) is 22.6 Å². The summed E-state index contributed by atoms with van der Waals surface area (Å²) in [6.45, 7) is 3.66. The van der Waals surface area contributed by atoms with Crippen molar-refractivity contribution in [3.63, 3.8) is 0 Å². The number of carbonyl (C=O) groups is 1. The second-order valence-corrected chi connectivity index (χ2v) is 3.67. The predicted octanol–water partition coefficient (Wildman–Crippen LogP) is 1.61. The third-order valence-electron chi connectivity index (χ3n) is 2.64. The number of ether oxygens (including phenoxy) is 3. The van der Waals surface area contributed by atoms with Crippen LogP contribution in [0.2, 0.25) is 0 Å². The summed E-state index contributed by atoms with van der Waals surface area (Å²) in [5.74, 6) is 0.376. The van der Waals surface area contributed by atoms with Crippen LogP contribution in [0.15, 0.2) is 12.1 Å². The molecule has 1 aromatic carbocycles. The van der Waals surface area contributed by atoms with E-state index in [4.69, 9.17) is 14.2 Å². The van der Waals surface area contributed by atoms with Crippen LogP contribution in [0, 0.1) is 6.92 Å². The van der Waals surface area contributed by atoms with E-state index >= 15 is 0 Å². The molecule has 0 heterocycles. The molecule has 0 fully saturated rings. The van der Waals surface area contributed by atoms with Crippen LogP contribution in [-0.4, -0.2) is 31.9 Å². The maximum atomic E-state index is 11.5. The summed E-state index contributed by atoms with van der Waals surface area (Å²) in [5.41, 5.74) is 1.10. The largest absolute Gasteiger partial charge is 0.493 e. The Morgan fingerprint density at radius 2 is 2.00 bits per heavy atom. The summed E-state index contributed by atoms with van der Waals surface area (Å²) >= 11 is 0. The van der Waals surface area contributed by atoms with Gasteiger partial charge in [-0.25, -0.2) is 4.79 Å². The number of hydrogen-bond donors (Lipinski definition) is 1. The highest BCUT2D eigenvalue weighted by atomic mass is 16.5. The zero-order valence-corrected chi connectivity index (χ0v) is 11.0. The third-order valence-corrected chi connectivity index (χ3v) is 2.64. The van der Waals surface area contributed by atoms with Crippen molar-refractivity contribution in [1.82, 2.24) is 0 Å². The molecule has 0 aliphatic carbocycles. The normalized spacial score (nSPS) is 11.8. The second kappa shape index (κ2) is 6.26. The molecule has 1 atom stereocenters. The summed E-state index contributed by atoms with van der Waals surface area (Å²) in [4.78, 5) is 11.5. The number of benzene rings is 1. The number of methoxy groups -OCH3 is 2. The molecule has 0 radical (unpaired) electrons. The first kappa shape index (κ1) is 14.3. The van der Waals surface area contributed by atoms with E-state index in [9.17, 15) is 9.90 Å². The second-order valence-electron chi connectivity index (χ2n) is 3.67. The van der Waals surface area contributed by atoms with Crippen LogP contribution in [0.1, 0.15) is 24.2 Å². The Bertz CT molecular complexity index is 428. The first-order valence-electron chi connectivity index (χ1n) is 5.63. The van der Waals surface area contributed by atoms with Gasteiger partial charge < -0.3 is 19.3 Å². The summed E-state index contributed by atoms with van der Waals surface area (Å²) in [6.07, 6.45) is -1.32. The SMILES string of the molecule is CCOC(=O)C(O)c1ccc(OC)c(OC)c1C. The molecule has 1 N–H and O–H groups in total. The van der Waals surface area contributed by atoms with E-state index in [1.54, 1.807) is 26.0 Å². The van der Waals surface area contributed by atoms with E-state index in [2.05, 4.69) is 0 Å². The van der Waals surface area contributed by atoms with Crippen molar-refractivity contribution in [2.45, 2.75) is 20.0 Å². The van der Waals surface area contributed by atoms with Gasteiger partial charge in [0.2, 0.25) is 0 Å². The number of hydrogen-bond acceptors (Lipinski definition) is 5. The van der Waals surface area contributed by atoms with Crippen LogP contribution < -0.4 is 9.47 Å². The molecule has 18 heavy (non-hydrogen) atoms. The maximum absolute atomic E-state index is 11.5. The molecule has 0 bridgehead atoms. The van der Waals surface area contributed by atoms with Crippen molar-refractivity contribution in [2.24, 2.45) is 0 Å². The summed E-state index contributed by atoms with van der Waals surface area (Å²) < 4.78 is 15.1. The Balaban J connectivity index is 3.14. The van der Waals surface area contributed by atoms with E-state index in [1.807, 2.05) is 0 Å². The van der Waals surface area contributed by atoms with Crippen molar-refractivity contribution in [3.8, 4) is 11.5 Å². The molecule has 0 aliphatic rings. The lowest BCUT2D eigenvalue weighted by Crippen LogP contribution is -2.16. The minimum atomic E-state index is -1.32. The smallest absolute Gasteiger partial charge is 0.339 e. The van der Waals surface area contributed by atoms with Gasteiger partial charge in [0.25, 0.3) is 0 Å². The van der Waals surface area contributed by atoms with Crippen molar-refractivity contribution in [1.29, 1.82) is 0 Å². The Morgan fingerprint density at radius 1 is 1.33 bits per heavy atom. The fourth-order valence-corrected chi connectivity index (χ4v) is 1.74. The lowest BCUT2D eigenvalue weighted by Gasteiger charge is -2.17. The highest BCUT2D eigenvalue weighted by molar-refractivity contribution is 5.77. The average molecular weight is 254 g/mol. The molecule has 100 valence electrons. The number of esters is 1. The molecule has 0 aromatic heterocycles. The van der Waals surface area contributed by atoms with Gasteiger partial charge in [-0.2, -0.15) is 0 Å². The van der Waals surface area contributed by atoms with Gasteiger partial charge in [0.1, 0.15) is 0 Å². The van der Waals surface area contributed by atoms with Gasteiger partial charge >= 0.3 is 5.97 Å². The summed E-state index contributed by atoms with van der Waals surface area (Å²) in [7, 11) is 3.03. The Morgan fingerprint density at radius 3 is 2.50 bits per heavy atom. The van der Waals surface area contributed by atoms with Crippen LogP contribution in [-0.2, 0) is 9.53 Å². The maximum Gasteiger partial charge on any atom is 0.339 e. The average Bonchev–Trinajstić information content (AvgIpc) is 2.37. The van der Waals surface area contributed by atoms with Crippen molar-refractivity contribution in [2.75, 3.05) is 20.8 Å². The number of aliphatic hydroxyl groups is 1. The van der Waals surface area contributed by atoms with Gasteiger partial charge in [-0.1, -0.05) is 6.07 Å². The topological polar surface area (TPSA) is 65.0 Å². The van der Waals surface area contributed by atoms with Gasteiger partial charge in [-0.15, -0.1) is 0 Å². The highest BCUT2D eigenvalue weighted by Gasteiger charge is 2.23. The van der Waals surface area contributed by atoms with Crippen molar-refractivity contribution in [3.05, 3.63) is 23.3 Å². The molecule has 0 spiro atoms. The zero-order valence-electron chi connectivity index (χ0n) is 11.0. The van der Waals surface area contributed by atoms with Crippen molar-refractivity contribution < 1.29 is 24.1 Å². The van der Waals surface area contributed by atoms with Crippen LogP contribution in [0.3, 0.4) is 0 Å². The number of aliphatic hydroxyl groups excluding tert-OH is 1. The highest BCUT2D eigenvalue weighted by Crippen LogP contribution is 2.35. The number of rotatable bonds is 5. The zero-order chi connectivity index (χ0) is 13.7. The third kappa shape index (κ3) is 2.73. The molecule has 5 heteroatoms. The minimum absolute atomic E-state index is 0.224. The molecular formula is C13H18O5. The van der Waals surface area contributed by atoms with E-state index in [1.165, 1.54) is 14.2 Å². The molecular weight excluding hydrogens is 236 g/mol. The molecule has 5 nitrogen and oxygen atoms in total. The van der Waals surface area contributed by atoms with Crippen LogP contribution in [0.25, 0.3) is 0 Å². The molecule has 1 unspecified atom stereocenters.